The second-order valence-electron chi connectivity index (χ2n) is 10.1. The van der Waals surface area contributed by atoms with Gasteiger partial charge in [-0.2, -0.15) is 0 Å². The van der Waals surface area contributed by atoms with Crippen LogP contribution in [0.1, 0.15) is 53.9 Å². The molecule has 3 aromatic carbocycles. The van der Waals surface area contributed by atoms with Gasteiger partial charge in [-0.1, -0.05) is 24.3 Å². The van der Waals surface area contributed by atoms with Gasteiger partial charge in [0, 0.05) is 17.5 Å². The van der Waals surface area contributed by atoms with Crippen LogP contribution in [0.25, 0.3) is 11.1 Å². The van der Waals surface area contributed by atoms with Crippen LogP contribution >= 0.6 is 0 Å². The van der Waals surface area contributed by atoms with Crippen LogP contribution < -0.4 is 14.2 Å². The molecule has 1 aliphatic carbocycles. The van der Waals surface area contributed by atoms with E-state index in [-0.39, 0.29) is 24.1 Å². The van der Waals surface area contributed by atoms with Gasteiger partial charge >= 0.3 is 5.97 Å². The summed E-state index contributed by atoms with van der Waals surface area (Å²) < 4.78 is 22.8. The molecule has 0 radical (unpaired) electrons. The van der Waals surface area contributed by atoms with Crippen LogP contribution in [0.3, 0.4) is 0 Å². The van der Waals surface area contributed by atoms with E-state index < -0.39 is 0 Å². The molecule has 1 aliphatic heterocycles. The fourth-order valence-electron chi connectivity index (χ4n) is 5.45. The molecule has 1 saturated carbocycles. The second-order valence-corrected chi connectivity index (χ2v) is 10.1. The zero-order valence-corrected chi connectivity index (χ0v) is 21.7. The van der Waals surface area contributed by atoms with Crippen LogP contribution in [-0.4, -0.2) is 37.0 Å². The second kappa shape index (κ2) is 10.9. The number of benzene rings is 3. The number of aliphatic hydroxyl groups excluding tert-OH is 1. The van der Waals surface area contributed by atoms with E-state index in [9.17, 15) is 9.90 Å². The standard InChI is InChI=1S/C31H34O6/c1-19-12-25(37-28-9-5-8-27(28)32)13-20(2)31(19)22-7-4-6-21(14-22)17-35-24-10-11-26-23(15-30(33)34-3)18-36-29(26)16-24/h4,6-7,10-14,16,23,27-28,32H,5,8-9,15,17-18H2,1-3H3/t23-,27+,28+/m1/s1. The van der Waals surface area contributed by atoms with Crippen molar-refractivity contribution in [3.05, 3.63) is 76.9 Å². The third-order valence-electron chi connectivity index (χ3n) is 7.34. The Hall–Kier alpha value is -3.51. The number of ether oxygens (including phenoxy) is 4. The van der Waals surface area contributed by atoms with Crippen molar-refractivity contribution < 1.29 is 28.8 Å². The molecule has 2 aliphatic rings. The van der Waals surface area contributed by atoms with Crippen molar-refractivity contribution in [3.8, 4) is 28.4 Å². The predicted molar refractivity (Wildman–Crippen MR) is 141 cm³/mol. The van der Waals surface area contributed by atoms with Crippen LogP contribution in [0.2, 0.25) is 0 Å². The SMILES string of the molecule is COC(=O)C[C@@H]1COc2cc(OCc3cccc(-c4c(C)cc(O[C@H]5CCC[C@@H]5O)cc4C)c3)ccc21. The summed E-state index contributed by atoms with van der Waals surface area (Å²) >= 11 is 0. The molecule has 6 nitrogen and oxygen atoms in total. The molecule has 0 unspecified atom stereocenters. The van der Waals surface area contributed by atoms with E-state index in [1.807, 2.05) is 18.2 Å². The molecule has 1 fully saturated rings. The zero-order valence-electron chi connectivity index (χ0n) is 21.7. The van der Waals surface area contributed by atoms with Gasteiger partial charge in [-0.15, -0.1) is 0 Å². The topological polar surface area (TPSA) is 74.2 Å². The number of methoxy groups -OCH3 is 1. The van der Waals surface area contributed by atoms with Crippen molar-refractivity contribution >= 4 is 5.97 Å². The molecule has 0 aromatic heterocycles. The summed E-state index contributed by atoms with van der Waals surface area (Å²) in [6, 6.07) is 18.3. The molecule has 1 heterocycles. The normalized spacial score (nSPS) is 20.3. The van der Waals surface area contributed by atoms with Crippen molar-refractivity contribution in [2.45, 2.75) is 64.3 Å². The summed E-state index contributed by atoms with van der Waals surface area (Å²) in [6.45, 7) is 5.10. The van der Waals surface area contributed by atoms with Crippen LogP contribution in [0.5, 0.6) is 17.2 Å². The molecular formula is C31H34O6. The van der Waals surface area contributed by atoms with E-state index in [0.717, 1.165) is 64.3 Å². The van der Waals surface area contributed by atoms with Gasteiger partial charge in [-0.05, 0) is 85.2 Å². The third kappa shape index (κ3) is 5.59. The maximum atomic E-state index is 11.7. The van der Waals surface area contributed by atoms with Gasteiger partial charge in [0.05, 0.1) is 26.2 Å². The fraction of sp³-hybridized carbons (Fsp3) is 0.387. The first-order valence-corrected chi connectivity index (χ1v) is 12.9. The molecule has 3 aromatic rings. The number of fused-ring (bicyclic) bond motifs is 1. The summed E-state index contributed by atoms with van der Waals surface area (Å²) in [5.41, 5.74) is 6.67. The van der Waals surface area contributed by atoms with Crippen molar-refractivity contribution in [3.63, 3.8) is 0 Å². The molecule has 3 atom stereocenters. The number of carbonyl (C=O) groups excluding carboxylic acids is 1. The Balaban J connectivity index is 1.27. The summed E-state index contributed by atoms with van der Waals surface area (Å²) in [6.07, 6.45) is 2.53. The number of rotatable bonds is 8. The van der Waals surface area contributed by atoms with E-state index in [2.05, 4.69) is 50.2 Å². The Morgan fingerprint density at radius 2 is 1.84 bits per heavy atom. The Kier molecular flexibility index (Phi) is 7.38. The first-order chi connectivity index (χ1) is 17.9. The van der Waals surface area contributed by atoms with Gasteiger partial charge in [-0.3, -0.25) is 4.79 Å². The molecule has 0 bridgehead atoms. The summed E-state index contributed by atoms with van der Waals surface area (Å²) in [4.78, 5) is 11.7. The Morgan fingerprint density at radius 1 is 1.03 bits per heavy atom. The predicted octanol–water partition coefficient (Wildman–Crippen LogP) is 5.88. The van der Waals surface area contributed by atoms with E-state index in [4.69, 9.17) is 18.9 Å². The Labute approximate surface area is 218 Å². The van der Waals surface area contributed by atoms with Gasteiger partial charge in [0.15, 0.2) is 0 Å². The minimum absolute atomic E-state index is 0.0136. The monoisotopic (exact) mass is 502 g/mol. The zero-order chi connectivity index (χ0) is 25.9. The highest BCUT2D eigenvalue weighted by Gasteiger charge is 2.28. The average Bonchev–Trinajstić information content (AvgIpc) is 3.47. The summed E-state index contributed by atoms with van der Waals surface area (Å²) in [7, 11) is 1.40. The minimum Gasteiger partial charge on any atom is -0.492 e. The first kappa shape index (κ1) is 25.2. The van der Waals surface area contributed by atoms with Gasteiger partial charge in [0.2, 0.25) is 0 Å². The lowest BCUT2D eigenvalue weighted by molar-refractivity contribution is -0.141. The largest absolute Gasteiger partial charge is 0.492 e. The van der Waals surface area contributed by atoms with E-state index in [1.165, 1.54) is 12.7 Å². The molecule has 1 N–H and O–H groups in total. The Morgan fingerprint density at radius 3 is 2.57 bits per heavy atom. The first-order valence-electron chi connectivity index (χ1n) is 12.9. The van der Waals surface area contributed by atoms with Crippen molar-refractivity contribution in [1.82, 2.24) is 0 Å². The van der Waals surface area contributed by atoms with Crippen LogP contribution in [-0.2, 0) is 16.1 Å². The highest BCUT2D eigenvalue weighted by molar-refractivity contribution is 5.72. The van der Waals surface area contributed by atoms with E-state index in [1.54, 1.807) is 0 Å². The van der Waals surface area contributed by atoms with Gasteiger partial charge in [0.25, 0.3) is 0 Å². The molecular weight excluding hydrogens is 468 g/mol. The average molecular weight is 503 g/mol. The maximum Gasteiger partial charge on any atom is 0.306 e. The minimum atomic E-state index is -0.379. The van der Waals surface area contributed by atoms with Crippen molar-refractivity contribution in [1.29, 1.82) is 0 Å². The van der Waals surface area contributed by atoms with E-state index >= 15 is 0 Å². The van der Waals surface area contributed by atoms with Gasteiger partial charge < -0.3 is 24.1 Å². The quantitative estimate of drug-likeness (QED) is 0.388. The molecule has 0 spiro atoms. The smallest absolute Gasteiger partial charge is 0.306 e. The molecule has 0 amide bonds. The highest BCUT2D eigenvalue weighted by Crippen LogP contribution is 2.39. The van der Waals surface area contributed by atoms with Crippen molar-refractivity contribution in [2.75, 3.05) is 13.7 Å². The van der Waals surface area contributed by atoms with Crippen LogP contribution in [0, 0.1) is 13.8 Å². The fourth-order valence-corrected chi connectivity index (χ4v) is 5.45. The number of hydrogen-bond donors (Lipinski definition) is 1. The maximum absolute atomic E-state index is 11.7. The number of carbonyl (C=O) groups is 1. The lowest BCUT2D eigenvalue weighted by Crippen LogP contribution is -2.25. The highest BCUT2D eigenvalue weighted by atomic mass is 16.5. The molecule has 194 valence electrons. The number of aliphatic hydroxyl groups is 1. The lowest BCUT2D eigenvalue weighted by Gasteiger charge is -2.20. The number of esters is 1. The molecule has 5 rings (SSSR count). The number of hydrogen-bond acceptors (Lipinski definition) is 6. The molecule has 37 heavy (non-hydrogen) atoms. The number of aryl methyl sites for hydroxylation is 2. The Bertz CT molecular complexity index is 1260. The van der Waals surface area contributed by atoms with E-state index in [0.29, 0.717) is 19.6 Å². The molecule has 0 saturated heterocycles. The van der Waals surface area contributed by atoms with Gasteiger partial charge in [0.1, 0.15) is 30.0 Å². The van der Waals surface area contributed by atoms with Crippen LogP contribution in [0.15, 0.2) is 54.6 Å². The summed E-state index contributed by atoms with van der Waals surface area (Å²) in [5, 5.41) is 10.1. The van der Waals surface area contributed by atoms with Crippen LogP contribution in [0.4, 0.5) is 0 Å². The molecule has 6 heteroatoms. The van der Waals surface area contributed by atoms with Gasteiger partial charge in [-0.25, -0.2) is 0 Å². The van der Waals surface area contributed by atoms with Crippen molar-refractivity contribution in [2.24, 2.45) is 0 Å². The summed E-state index contributed by atoms with van der Waals surface area (Å²) in [5.74, 6) is 2.09. The third-order valence-corrected chi connectivity index (χ3v) is 7.34. The lowest BCUT2D eigenvalue weighted by atomic mass is 9.94.